The lowest BCUT2D eigenvalue weighted by Crippen LogP contribution is -2.22. The Morgan fingerprint density at radius 2 is 2.47 bits per heavy atom. The lowest BCUT2D eigenvalue weighted by atomic mass is 10.1. The smallest absolute Gasteiger partial charge is 0.0985 e. The summed E-state index contributed by atoms with van der Waals surface area (Å²) in [5.74, 6) is 0. The highest BCUT2D eigenvalue weighted by Crippen LogP contribution is 2.20. The summed E-state index contributed by atoms with van der Waals surface area (Å²) in [5.41, 5.74) is 1.98. The molecule has 1 N–H and O–H groups in total. The van der Waals surface area contributed by atoms with Crippen LogP contribution in [-0.4, -0.2) is 40.1 Å². The molecular weight excluding hydrogens is 238 g/mol. The molecule has 2 aromatic rings. The van der Waals surface area contributed by atoms with Crippen LogP contribution < -0.4 is 5.32 Å². The van der Waals surface area contributed by atoms with Crippen molar-refractivity contribution >= 4 is 11.5 Å². The number of hydrogen-bond acceptors (Lipinski definition) is 6. The predicted octanol–water partition coefficient (Wildman–Crippen LogP) is 0.690. The van der Waals surface area contributed by atoms with E-state index in [1.165, 1.54) is 11.5 Å². The predicted molar refractivity (Wildman–Crippen MR) is 64.9 cm³/mol. The Morgan fingerprint density at radius 3 is 3.12 bits per heavy atom. The molecule has 1 atom stereocenters. The zero-order valence-corrected chi connectivity index (χ0v) is 10.6. The number of hydrogen-bond donors (Lipinski definition) is 1. The van der Waals surface area contributed by atoms with Crippen molar-refractivity contribution in [1.82, 2.24) is 24.7 Å². The Balaban J connectivity index is 2.22. The monoisotopic (exact) mass is 253 g/mol. The van der Waals surface area contributed by atoms with E-state index in [-0.39, 0.29) is 6.04 Å². The molecule has 1 unspecified atom stereocenters. The topological polar surface area (TPSA) is 64.9 Å². The average Bonchev–Trinajstić information content (AvgIpc) is 2.99. The van der Waals surface area contributed by atoms with Crippen molar-refractivity contribution in [2.24, 2.45) is 0 Å². The van der Waals surface area contributed by atoms with Crippen LogP contribution in [0.25, 0.3) is 0 Å². The van der Waals surface area contributed by atoms with Crippen molar-refractivity contribution in [3.05, 3.63) is 29.0 Å². The zero-order valence-electron chi connectivity index (χ0n) is 9.83. The van der Waals surface area contributed by atoms with E-state index < -0.39 is 0 Å². The van der Waals surface area contributed by atoms with Gasteiger partial charge in [0.25, 0.3) is 0 Å². The van der Waals surface area contributed by atoms with Gasteiger partial charge in [0, 0.05) is 18.7 Å². The van der Waals surface area contributed by atoms with Gasteiger partial charge in [0.15, 0.2) is 0 Å². The van der Waals surface area contributed by atoms with Gasteiger partial charge < -0.3 is 10.1 Å². The van der Waals surface area contributed by atoms with Crippen LogP contribution in [0, 0.1) is 0 Å². The Morgan fingerprint density at radius 1 is 1.59 bits per heavy atom. The molecule has 0 spiro atoms. The molecule has 0 saturated carbocycles. The van der Waals surface area contributed by atoms with Gasteiger partial charge in [-0.3, -0.25) is 4.68 Å². The molecule has 0 aliphatic carbocycles. The lowest BCUT2D eigenvalue weighted by Gasteiger charge is -2.15. The summed E-state index contributed by atoms with van der Waals surface area (Å²) in [6.45, 7) is 1.37. The maximum absolute atomic E-state index is 5.07. The average molecular weight is 253 g/mol. The van der Waals surface area contributed by atoms with E-state index in [9.17, 15) is 0 Å². The van der Waals surface area contributed by atoms with Gasteiger partial charge in [-0.1, -0.05) is 4.49 Å². The fourth-order valence-electron chi connectivity index (χ4n) is 1.70. The number of aromatic nitrogens is 4. The second kappa shape index (κ2) is 5.85. The van der Waals surface area contributed by atoms with Crippen molar-refractivity contribution in [2.75, 3.05) is 20.8 Å². The summed E-state index contributed by atoms with van der Waals surface area (Å²) < 4.78 is 10.9. The van der Waals surface area contributed by atoms with Crippen molar-refractivity contribution in [2.45, 2.75) is 12.6 Å². The maximum Gasteiger partial charge on any atom is 0.0985 e. The highest BCUT2D eigenvalue weighted by molar-refractivity contribution is 7.03. The van der Waals surface area contributed by atoms with Gasteiger partial charge in [0.2, 0.25) is 0 Å². The number of nitrogens with one attached hydrogen (secondary N) is 1. The summed E-state index contributed by atoms with van der Waals surface area (Å²) in [5, 5.41) is 13.5. The van der Waals surface area contributed by atoms with Crippen LogP contribution in [0.1, 0.15) is 17.4 Å². The first-order valence-corrected chi connectivity index (χ1v) is 6.15. The van der Waals surface area contributed by atoms with Crippen LogP contribution in [0.2, 0.25) is 0 Å². The second-order valence-electron chi connectivity index (χ2n) is 3.52. The Kier molecular flexibility index (Phi) is 4.18. The van der Waals surface area contributed by atoms with Gasteiger partial charge in [0.05, 0.1) is 30.6 Å². The first kappa shape index (κ1) is 12.2. The van der Waals surface area contributed by atoms with Crippen LogP contribution >= 0.6 is 11.5 Å². The molecule has 0 saturated heterocycles. The van der Waals surface area contributed by atoms with Gasteiger partial charge in [-0.25, -0.2) is 0 Å². The highest BCUT2D eigenvalue weighted by Gasteiger charge is 2.18. The molecule has 6 nitrogen and oxygen atoms in total. The van der Waals surface area contributed by atoms with Gasteiger partial charge in [-0.2, -0.15) is 5.10 Å². The molecule has 7 heteroatoms. The molecule has 0 aliphatic heterocycles. The molecule has 0 radical (unpaired) electrons. The fraction of sp³-hybridized carbons (Fsp3) is 0.500. The van der Waals surface area contributed by atoms with E-state index in [4.69, 9.17) is 4.74 Å². The third-order valence-corrected chi connectivity index (χ3v) is 3.04. The Bertz CT molecular complexity index is 441. The number of ether oxygens (including phenoxy) is 1. The lowest BCUT2D eigenvalue weighted by molar-refractivity contribution is 0.182. The van der Waals surface area contributed by atoms with E-state index in [1.807, 2.05) is 23.2 Å². The van der Waals surface area contributed by atoms with Crippen molar-refractivity contribution in [3.63, 3.8) is 0 Å². The third-order valence-electron chi connectivity index (χ3n) is 2.51. The highest BCUT2D eigenvalue weighted by atomic mass is 32.1. The second-order valence-corrected chi connectivity index (χ2v) is 4.13. The van der Waals surface area contributed by atoms with Crippen molar-refractivity contribution in [3.8, 4) is 0 Å². The first-order valence-electron chi connectivity index (χ1n) is 5.31. The molecule has 2 rings (SSSR count). The van der Waals surface area contributed by atoms with Crippen molar-refractivity contribution in [1.29, 1.82) is 0 Å². The fourth-order valence-corrected chi connectivity index (χ4v) is 2.18. The maximum atomic E-state index is 5.07. The summed E-state index contributed by atoms with van der Waals surface area (Å²) in [4.78, 5) is 0. The van der Waals surface area contributed by atoms with E-state index in [0.29, 0.717) is 6.61 Å². The summed E-state index contributed by atoms with van der Waals surface area (Å²) in [7, 11) is 3.58. The number of methoxy groups -OCH3 is 1. The molecule has 2 heterocycles. The van der Waals surface area contributed by atoms with E-state index in [1.54, 1.807) is 13.3 Å². The molecule has 17 heavy (non-hydrogen) atoms. The number of nitrogens with zero attached hydrogens (tertiary/aromatic N) is 4. The molecule has 0 fully saturated rings. The molecule has 0 aromatic carbocycles. The van der Waals surface area contributed by atoms with Crippen molar-refractivity contribution < 1.29 is 4.74 Å². The summed E-state index contributed by atoms with van der Waals surface area (Å²) in [6.07, 6.45) is 1.79. The zero-order chi connectivity index (χ0) is 12.1. The van der Waals surface area contributed by atoms with Gasteiger partial charge in [0.1, 0.15) is 0 Å². The molecule has 92 valence electrons. The summed E-state index contributed by atoms with van der Waals surface area (Å²) >= 11 is 1.35. The molecule has 0 bridgehead atoms. The quantitative estimate of drug-likeness (QED) is 0.820. The standard InChI is InChI=1S/C10H15N5OS/c1-11-10(8-7-17-14-13-8)9-3-4-12-15(9)5-6-16-2/h3-4,7,10-11H,5-6H2,1-2H3. The largest absolute Gasteiger partial charge is 0.383 e. The van der Waals surface area contributed by atoms with Crippen LogP contribution in [-0.2, 0) is 11.3 Å². The van der Waals surface area contributed by atoms with Gasteiger partial charge in [-0.05, 0) is 24.6 Å². The molecule has 0 aliphatic rings. The van der Waals surface area contributed by atoms with Crippen LogP contribution in [0.5, 0.6) is 0 Å². The Hall–Kier alpha value is -1.31. The SMILES string of the molecule is CNC(c1csnn1)c1ccnn1CCOC. The summed E-state index contributed by atoms with van der Waals surface area (Å²) in [6, 6.07) is 2.00. The molecule has 0 amide bonds. The van der Waals surface area contributed by atoms with E-state index in [0.717, 1.165) is 17.9 Å². The minimum absolute atomic E-state index is 0.0214. The molecular formula is C10H15N5OS. The molecule has 2 aromatic heterocycles. The van der Waals surface area contributed by atoms with E-state index in [2.05, 4.69) is 20.0 Å². The number of rotatable bonds is 6. The first-order chi connectivity index (χ1) is 8.36. The van der Waals surface area contributed by atoms with Gasteiger partial charge >= 0.3 is 0 Å². The minimum atomic E-state index is 0.0214. The van der Waals surface area contributed by atoms with Crippen LogP contribution in [0.3, 0.4) is 0 Å². The third kappa shape index (κ3) is 2.68. The minimum Gasteiger partial charge on any atom is -0.383 e. The van der Waals surface area contributed by atoms with E-state index >= 15 is 0 Å². The Labute approximate surface area is 104 Å². The normalized spacial score (nSPS) is 12.8. The van der Waals surface area contributed by atoms with Crippen LogP contribution in [0.4, 0.5) is 0 Å². The van der Waals surface area contributed by atoms with Gasteiger partial charge in [-0.15, -0.1) is 5.10 Å². The van der Waals surface area contributed by atoms with Crippen LogP contribution in [0.15, 0.2) is 17.6 Å².